The van der Waals surface area contributed by atoms with E-state index < -0.39 is 5.91 Å². The topological polar surface area (TPSA) is 81.4 Å². The number of carbonyl (C=O) groups is 2. The van der Waals surface area contributed by atoms with Crippen molar-refractivity contribution in [3.8, 4) is 0 Å². The van der Waals surface area contributed by atoms with Crippen molar-refractivity contribution >= 4 is 11.8 Å². The molecule has 0 bridgehead atoms. The number of ether oxygens (including phenoxy) is 1. The van der Waals surface area contributed by atoms with Crippen molar-refractivity contribution in [3.63, 3.8) is 0 Å². The lowest BCUT2D eigenvalue weighted by molar-refractivity contribution is -0.122. The van der Waals surface area contributed by atoms with E-state index in [1.165, 1.54) is 0 Å². The predicted octanol–water partition coefficient (Wildman–Crippen LogP) is -0.985. The molecule has 0 saturated carbocycles. The van der Waals surface area contributed by atoms with Gasteiger partial charge in [-0.25, -0.2) is 0 Å². The Kier molecular flexibility index (Phi) is 6.00. The highest BCUT2D eigenvalue weighted by Gasteiger charge is 1.96. The Balaban J connectivity index is 3.11. The van der Waals surface area contributed by atoms with Crippen molar-refractivity contribution in [2.75, 3.05) is 19.8 Å². The summed E-state index contributed by atoms with van der Waals surface area (Å²) >= 11 is 0. The lowest BCUT2D eigenvalue weighted by Crippen LogP contribution is -2.28. The molecule has 0 aromatic heterocycles. The molecule has 0 fully saturated rings. The summed E-state index contributed by atoms with van der Waals surface area (Å²) in [6, 6.07) is 0. The highest BCUT2D eigenvalue weighted by atomic mass is 16.5. The zero-order valence-electron chi connectivity index (χ0n) is 7.13. The Morgan fingerprint density at radius 3 is 2.67 bits per heavy atom. The smallest absolute Gasteiger partial charge is 0.243 e. The second-order valence-corrected chi connectivity index (χ2v) is 2.22. The average Bonchev–Trinajstić information content (AvgIpc) is 2.03. The number of carbonyl (C=O) groups excluding carboxylic acids is 2. The quantitative estimate of drug-likeness (QED) is 0.507. The average molecular weight is 174 g/mol. The second kappa shape index (κ2) is 6.60. The lowest BCUT2D eigenvalue weighted by Gasteiger charge is -2.02. The Labute approximate surface area is 71.3 Å². The van der Waals surface area contributed by atoms with Crippen LogP contribution in [0.1, 0.15) is 13.3 Å². The molecule has 0 aromatic carbocycles. The molecule has 0 aliphatic carbocycles. The standard InChI is InChI=1S/C7H14N2O3/c1-2-7(11)9-3-4-12-5-6(8)10/h2-5H2,1H3,(H2,8,10)(H,9,11). The number of hydrogen-bond acceptors (Lipinski definition) is 3. The molecule has 3 N–H and O–H groups in total. The highest BCUT2D eigenvalue weighted by Crippen LogP contribution is 1.75. The Morgan fingerprint density at radius 1 is 1.50 bits per heavy atom. The van der Waals surface area contributed by atoms with E-state index in [-0.39, 0.29) is 12.5 Å². The first-order chi connectivity index (χ1) is 5.66. The van der Waals surface area contributed by atoms with E-state index in [1.807, 2.05) is 0 Å². The molecule has 0 unspecified atom stereocenters. The van der Waals surface area contributed by atoms with Crippen molar-refractivity contribution in [2.45, 2.75) is 13.3 Å². The maximum atomic E-state index is 10.7. The van der Waals surface area contributed by atoms with Crippen LogP contribution in [0.4, 0.5) is 0 Å². The van der Waals surface area contributed by atoms with Crippen LogP contribution >= 0.6 is 0 Å². The summed E-state index contributed by atoms with van der Waals surface area (Å²) in [4.78, 5) is 20.8. The normalized spacial score (nSPS) is 9.42. The maximum Gasteiger partial charge on any atom is 0.243 e. The molecule has 0 saturated heterocycles. The third kappa shape index (κ3) is 7.01. The Hall–Kier alpha value is -1.10. The molecular weight excluding hydrogens is 160 g/mol. The van der Waals surface area contributed by atoms with E-state index in [0.29, 0.717) is 19.6 Å². The summed E-state index contributed by atoms with van der Waals surface area (Å²) in [7, 11) is 0. The van der Waals surface area contributed by atoms with Crippen LogP contribution in [-0.4, -0.2) is 31.6 Å². The zero-order chi connectivity index (χ0) is 9.40. The van der Waals surface area contributed by atoms with Crippen LogP contribution in [0.2, 0.25) is 0 Å². The van der Waals surface area contributed by atoms with Gasteiger partial charge in [-0.05, 0) is 0 Å². The van der Waals surface area contributed by atoms with Crippen LogP contribution in [0.25, 0.3) is 0 Å². The third-order valence-corrected chi connectivity index (χ3v) is 1.13. The van der Waals surface area contributed by atoms with E-state index >= 15 is 0 Å². The van der Waals surface area contributed by atoms with Crippen molar-refractivity contribution in [3.05, 3.63) is 0 Å². The molecule has 0 rings (SSSR count). The Bertz CT molecular complexity index is 159. The van der Waals surface area contributed by atoms with Gasteiger partial charge < -0.3 is 15.8 Å². The van der Waals surface area contributed by atoms with Crippen LogP contribution < -0.4 is 11.1 Å². The number of amides is 2. The molecule has 12 heavy (non-hydrogen) atoms. The van der Waals surface area contributed by atoms with E-state index in [0.717, 1.165) is 0 Å². The number of rotatable bonds is 6. The first kappa shape index (κ1) is 10.9. The van der Waals surface area contributed by atoms with Crippen LogP contribution in [0.15, 0.2) is 0 Å². The summed E-state index contributed by atoms with van der Waals surface area (Å²) in [5.74, 6) is -0.533. The molecule has 0 heterocycles. The monoisotopic (exact) mass is 174 g/mol. The highest BCUT2D eigenvalue weighted by molar-refractivity contribution is 5.75. The summed E-state index contributed by atoms with van der Waals surface area (Å²) in [5.41, 5.74) is 4.81. The van der Waals surface area contributed by atoms with E-state index in [9.17, 15) is 9.59 Å². The molecule has 0 radical (unpaired) electrons. The minimum absolute atomic E-state index is 0.0299. The van der Waals surface area contributed by atoms with Gasteiger partial charge in [0.2, 0.25) is 11.8 Å². The first-order valence-electron chi connectivity index (χ1n) is 3.79. The SMILES string of the molecule is CCC(=O)NCCOCC(N)=O. The summed E-state index contributed by atoms with van der Waals surface area (Å²) in [6.45, 7) is 2.40. The minimum atomic E-state index is -0.503. The number of nitrogens with one attached hydrogen (secondary N) is 1. The Morgan fingerprint density at radius 2 is 2.17 bits per heavy atom. The first-order valence-corrected chi connectivity index (χ1v) is 3.79. The summed E-state index contributed by atoms with van der Waals surface area (Å²) in [5, 5.41) is 2.59. The van der Waals surface area contributed by atoms with Gasteiger partial charge in [0, 0.05) is 13.0 Å². The fourth-order valence-electron chi connectivity index (χ4n) is 0.560. The fourth-order valence-corrected chi connectivity index (χ4v) is 0.560. The van der Waals surface area contributed by atoms with Crippen molar-refractivity contribution in [2.24, 2.45) is 5.73 Å². The molecule has 2 amide bonds. The molecular formula is C7H14N2O3. The van der Waals surface area contributed by atoms with Gasteiger partial charge in [-0.1, -0.05) is 6.92 Å². The number of hydrogen-bond donors (Lipinski definition) is 2. The summed E-state index contributed by atoms with van der Waals surface area (Å²) in [6.07, 6.45) is 0.454. The summed E-state index contributed by atoms with van der Waals surface area (Å²) < 4.78 is 4.80. The predicted molar refractivity (Wildman–Crippen MR) is 43.3 cm³/mol. The van der Waals surface area contributed by atoms with Gasteiger partial charge in [-0.3, -0.25) is 9.59 Å². The molecule has 0 atom stereocenters. The van der Waals surface area contributed by atoms with Crippen molar-refractivity contribution in [1.29, 1.82) is 0 Å². The third-order valence-electron chi connectivity index (χ3n) is 1.13. The molecule has 0 aliphatic rings. The maximum absolute atomic E-state index is 10.7. The second-order valence-electron chi connectivity index (χ2n) is 2.22. The molecule has 5 nitrogen and oxygen atoms in total. The van der Waals surface area contributed by atoms with Crippen molar-refractivity contribution < 1.29 is 14.3 Å². The van der Waals surface area contributed by atoms with E-state index in [2.05, 4.69) is 5.32 Å². The molecule has 0 spiro atoms. The van der Waals surface area contributed by atoms with Crippen LogP contribution in [0, 0.1) is 0 Å². The largest absolute Gasteiger partial charge is 0.370 e. The van der Waals surface area contributed by atoms with Crippen LogP contribution in [-0.2, 0) is 14.3 Å². The van der Waals surface area contributed by atoms with Crippen LogP contribution in [0.5, 0.6) is 0 Å². The van der Waals surface area contributed by atoms with E-state index in [1.54, 1.807) is 6.92 Å². The molecule has 0 aliphatic heterocycles. The van der Waals surface area contributed by atoms with Gasteiger partial charge in [0.25, 0.3) is 0 Å². The molecule has 70 valence electrons. The van der Waals surface area contributed by atoms with Gasteiger partial charge >= 0.3 is 0 Å². The molecule has 5 heteroatoms. The van der Waals surface area contributed by atoms with Gasteiger partial charge in [0.1, 0.15) is 6.61 Å². The lowest BCUT2D eigenvalue weighted by atomic mass is 10.4. The molecule has 0 aromatic rings. The van der Waals surface area contributed by atoms with Gasteiger partial charge in [-0.15, -0.1) is 0 Å². The van der Waals surface area contributed by atoms with E-state index in [4.69, 9.17) is 10.5 Å². The number of primary amides is 1. The van der Waals surface area contributed by atoms with Gasteiger partial charge in [0.05, 0.1) is 6.61 Å². The van der Waals surface area contributed by atoms with Crippen LogP contribution in [0.3, 0.4) is 0 Å². The number of nitrogens with two attached hydrogens (primary N) is 1. The van der Waals surface area contributed by atoms with Crippen molar-refractivity contribution in [1.82, 2.24) is 5.32 Å². The fraction of sp³-hybridized carbons (Fsp3) is 0.714. The van der Waals surface area contributed by atoms with Gasteiger partial charge in [-0.2, -0.15) is 0 Å². The zero-order valence-corrected chi connectivity index (χ0v) is 7.13. The van der Waals surface area contributed by atoms with Gasteiger partial charge in [0.15, 0.2) is 0 Å². The minimum Gasteiger partial charge on any atom is -0.370 e.